The molecule has 0 aliphatic heterocycles. The van der Waals surface area contributed by atoms with E-state index in [-0.39, 0.29) is 58.3 Å². The monoisotopic (exact) mass is 1290 g/mol. The third-order valence-corrected chi connectivity index (χ3v) is 13.9. The van der Waals surface area contributed by atoms with Crippen molar-refractivity contribution in [2.75, 3.05) is 103 Å². The smallest absolute Gasteiger partial charge is 0.306 e. The number of esters is 3. The van der Waals surface area contributed by atoms with E-state index in [1.165, 1.54) is 16.7 Å². The lowest BCUT2D eigenvalue weighted by Crippen LogP contribution is -2.35. The number of methoxy groups -OCH3 is 3. The van der Waals surface area contributed by atoms with Crippen molar-refractivity contribution in [3.05, 3.63) is 179 Å². The van der Waals surface area contributed by atoms with Gasteiger partial charge in [-0.1, -0.05) is 91.0 Å². The van der Waals surface area contributed by atoms with Crippen LogP contribution in [0.1, 0.15) is 71.9 Å². The Hall–Kier alpha value is -9.18. The Bertz CT molecular complexity index is 2840. The average molecular weight is 1290 g/mol. The van der Waals surface area contributed by atoms with Crippen molar-refractivity contribution in [3.8, 4) is 34.5 Å². The summed E-state index contributed by atoms with van der Waals surface area (Å²) in [6.07, 6.45) is 2.29. The van der Waals surface area contributed by atoms with Gasteiger partial charge in [-0.15, -0.1) is 0 Å². The van der Waals surface area contributed by atoms with Gasteiger partial charge >= 0.3 is 35.8 Å². The van der Waals surface area contributed by atoms with Crippen molar-refractivity contribution < 1.29 is 86.7 Å². The average Bonchev–Trinajstić information content (AvgIpc) is 1.52. The summed E-state index contributed by atoms with van der Waals surface area (Å²) in [4.78, 5) is 73.5. The van der Waals surface area contributed by atoms with E-state index in [0.29, 0.717) is 19.6 Å². The molecule has 21 nitrogen and oxygen atoms in total. The first-order valence-corrected chi connectivity index (χ1v) is 30.8. The Balaban J connectivity index is 0.000000297. The summed E-state index contributed by atoms with van der Waals surface area (Å²) in [5.74, 6) is 0.0624. The van der Waals surface area contributed by atoms with Crippen LogP contribution in [0.25, 0.3) is 0 Å². The molecule has 0 aliphatic carbocycles. The fourth-order valence-electron chi connectivity index (χ4n) is 9.27. The minimum absolute atomic E-state index is 0.155. The number of hydrogen-bond acceptors (Lipinski definition) is 18. The van der Waals surface area contributed by atoms with Crippen LogP contribution >= 0.6 is 0 Å². The van der Waals surface area contributed by atoms with Crippen LogP contribution in [0.15, 0.2) is 146 Å². The largest absolute Gasteiger partial charge is 0.497 e. The van der Waals surface area contributed by atoms with Crippen LogP contribution in [0.2, 0.25) is 0 Å². The first kappa shape index (κ1) is 76.3. The van der Waals surface area contributed by atoms with Gasteiger partial charge in [-0.25, -0.2) is 0 Å². The second kappa shape index (κ2) is 42.8. The predicted molar refractivity (Wildman–Crippen MR) is 353 cm³/mol. The van der Waals surface area contributed by atoms with Crippen LogP contribution < -0.4 is 28.4 Å². The van der Waals surface area contributed by atoms with Crippen molar-refractivity contribution in [1.82, 2.24) is 14.7 Å². The fourth-order valence-corrected chi connectivity index (χ4v) is 9.27. The number of nitrogens with zero attached hydrogens (tertiary/aromatic N) is 3. The van der Waals surface area contributed by atoms with Crippen molar-refractivity contribution in [2.45, 2.75) is 95.4 Å². The van der Waals surface area contributed by atoms with E-state index >= 15 is 0 Å². The maximum atomic E-state index is 12.0. The number of carbonyl (C=O) groups excluding carboxylic acids is 3. The number of rotatable bonds is 39. The molecule has 21 heteroatoms. The highest BCUT2D eigenvalue weighted by atomic mass is 16.6. The van der Waals surface area contributed by atoms with Gasteiger partial charge in [-0.2, -0.15) is 0 Å². The molecule has 0 saturated heterocycles. The number of aryl methyl sites for hydroxylation is 6. The van der Waals surface area contributed by atoms with Crippen LogP contribution in [0.4, 0.5) is 0 Å². The van der Waals surface area contributed by atoms with E-state index in [1.54, 1.807) is 21.3 Å². The topological polar surface area (TPSA) is 256 Å². The molecule has 504 valence electrons. The summed E-state index contributed by atoms with van der Waals surface area (Å²) in [6.45, 7) is 2.01. The molecule has 0 spiro atoms. The molecule has 6 rings (SSSR count). The lowest BCUT2D eigenvalue weighted by molar-refractivity contribution is -0.154. The molecule has 0 heterocycles. The molecule has 6 aromatic carbocycles. The quantitative estimate of drug-likeness (QED) is 0.0240. The molecular formula is C72H93N3O18. The maximum absolute atomic E-state index is 12.0. The van der Waals surface area contributed by atoms with E-state index < -0.39 is 54.1 Å². The van der Waals surface area contributed by atoms with Gasteiger partial charge in [-0.05, 0) is 169 Å². The zero-order valence-electron chi connectivity index (χ0n) is 55.1. The molecule has 0 radical (unpaired) electrons. The third-order valence-electron chi connectivity index (χ3n) is 13.9. The minimum Gasteiger partial charge on any atom is -0.497 e. The van der Waals surface area contributed by atoms with Crippen molar-refractivity contribution in [3.63, 3.8) is 0 Å². The molecular weight excluding hydrogens is 1190 g/mol. The number of carboxylic acids is 3. The summed E-state index contributed by atoms with van der Waals surface area (Å²) < 4.78 is 50.0. The number of para-hydroxylation sites is 3. The SMILES string of the molecule is COc1ccc(CCc2ccccc2OCC(CN(C)C)OC(=O)CCC(=O)O)cc1.COc1ccc(CCc2ccccc2OC[C@@H](CN(C)C)OC(=O)CCC(=O)O)cc1.COc1ccc(CCc2ccccc2OC[C@H](CN(C)C)OC(=O)CCC(=O)O)cc1. The Labute approximate surface area is 547 Å². The van der Waals surface area contributed by atoms with E-state index in [2.05, 4.69) is 0 Å². The lowest BCUT2D eigenvalue weighted by atomic mass is 10.0. The van der Waals surface area contributed by atoms with Gasteiger partial charge in [0.2, 0.25) is 0 Å². The van der Waals surface area contributed by atoms with Gasteiger partial charge in [0.15, 0.2) is 0 Å². The molecule has 0 amide bonds. The molecule has 3 atom stereocenters. The number of benzene rings is 6. The van der Waals surface area contributed by atoms with Crippen molar-refractivity contribution in [1.29, 1.82) is 0 Å². The van der Waals surface area contributed by atoms with Crippen LogP contribution in [-0.2, 0) is 81.5 Å². The Kier molecular flexibility index (Phi) is 35.1. The second-order valence-corrected chi connectivity index (χ2v) is 22.6. The van der Waals surface area contributed by atoms with Crippen LogP contribution in [0.5, 0.6) is 34.5 Å². The zero-order chi connectivity index (χ0) is 67.9. The van der Waals surface area contributed by atoms with Gasteiger partial charge < -0.3 is 72.7 Å². The van der Waals surface area contributed by atoms with Gasteiger partial charge in [-0.3, -0.25) is 28.8 Å². The maximum Gasteiger partial charge on any atom is 0.306 e. The van der Waals surface area contributed by atoms with Crippen molar-refractivity contribution >= 4 is 35.8 Å². The van der Waals surface area contributed by atoms with Crippen LogP contribution in [-0.4, -0.2) is 187 Å². The van der Waals surface area contributed by atoms with Crippen molar-refractivity contribution in [2.24, 2.45) is 0 Å². The molecule has 6 aromatic rings. The summed E-state index contributed by atoms with van der Waals surface area (Å²) >= 11 is 0. The van der Waals surface area contributed by atoms with Crippen LogP contribution in [0.3, 0.4) is 0 Å². The summed E-state index contributed by atoms with van der Waals surface area (Å²) in [6, 6.07) is 47.4. The molecule has 0 aliphatic rings. The number of likely N-dealkylation sites (N-methyl/N-ethyl adjacent to an activating group) is 3. The molecule has 93 heavy (non-hydrogen) atoms. The second-order valence-electron chi connectivity index (χ2n) is 22.6. The minimum atomic E-state index is -1.02. The highest BCUT2D eigenvalue weighted by Gasteiger charge is 2.22. The highest BCUT2D eigenvalue weighted by Crippen LogP contribution is 2.25. The van der Waals surface area contributed by atoms with E-state index in [0.717, 1.165) is 89.7 Å². The molecule has 1 unspecified atom stereocenters. The van der Waals surface area contributed by atoms with Gasteiger partial charge in [0, 0.05) is 19.6 Å². The molecule has 0 bridgehead atoms. The van der Waals surface area contributed by atoms with E-state index in [1.807, 2.05) is 203 Å². The standard InChI is InChI=1S/3C24H31NO6/c3*1-25(2)16-21(31-24(28)15-14-23(26)27)17-30-22-7-5-4-6-19(22)11-8-18-9-12-20(29-3)13-10-18/h3*4-7,9-10,12-13,21H,8,11,14-17H2,1-3H3,(H,26,27)/t2*21-;/m10./s1. The fraction of sp³-hybridized carbons (Fsp3) is 0.417. The van der Waals surface area contributed by atoms with E-state index in [4.69, 9.17) is 58.0 Å². The number of carbonyl (C=O) groups is 6. The number of ether oxygens (including phenoxy) is 9. The number of hydrogen-bond donors (Lipinski definition) is 3. The summed E-state index contributed by atoms with van der Waals surface area (Å²) in [5.41, 5.74) is 6.81. The third kappa shape index (κ3) is 32.6. The highest BCUT2D eigenvalue weighted by molar-refractivity contribution is 5.77. The van der Waals surface area contributed by atoms with Gasteiger partial charge in [0.05, 0.1) is 59.9 Å². The zero-order valence-corrected chi connectivity index (χ0v) is 55.1. The Morgan fingerprint density at radius 3 is 0.785 bits per heavy atom. The van der Waals surface area contributed by atoms with Crippen LogP contribution in [0, 0.1) is 0 Å². The Morgan fingerprint density at radius 1 is 0.333 bits per heavy atom. The molecule has 0 saturated carbocycles. The lowest BCUT2D eigenvalue weighted by Gasteiger charge is -2.22. The Morgan fingerprint density at radius 2 is 0.570 bits per heavy atom. The molecule has 0 aromatic heterocycles. The molecule has 3 N–H and O–H groups in total. The summed E-state index contributed by atoms with van der Waals surface area (Å²) in [7, 11) is 16.2. The van der Waals surface area contributed by atoms with Gasteiger partial charge in [0.1, 0.15) is 72.6 Å². The van der Waals surface area contributed by atoms with E-state index in [9.17, 15) is 28.8 Å². The van der Waals surface area contributed by atoms with Gasteiger partial charge in [0.25, 0.3) is 0 Å². The summed E-state index contributed by atoms with van der Waals surface area (Å²) in [5, 5.41) is 26.2. The number of carboxylic acid groups (broad SMARTS) is 3. The number of aliphatic carboxylic acids is 3. The first-order chi connectivity index (χ1) is 44.6. The normalized spacial score (nSPS) is 11.7. The first-order valence-electron chi connectivity index (χ1n) is 30.8. The predicted octanol–water partition coefficient (Wildman–Crippen LogP) is 9.59. The molecule has 0 fully saturated rings.